The van der Waals surface area contributed by atoms with Crippen molar-refractivity contribution in [3.63, 3.8) is 0 Å². The third-order valence-corrected chi connectivity index (χ3v) is 2.29. The third-order valence-electron chi connectivity index (χ3n) is 2.29. The van der Waals surface area contributed by atoms with E-state index in [-0.39, 0.29) is 11.9 Å². The molecule has 1 rings (SSSR count). The van der Waals surface area contributed by atoms with Gasteiger partial charge >= 0.3 is 0 Å². The van der Waals surface area contributed by atoms with Crippen molar-refractivity contribution in [2.45, 2.75) is 19.9 Å². The second kappa shape index (κ2) is 5.46. The van der Waals surface area contributed by atoms with Crippen LogP contribution in [0.4, 0.5) is 0 Å². The summed E-state index contributed by atoms with van der Waals surface area (Å²) in [5, 5.41) is 5.88. The van der Waals surface area contributed by atoms with Crippen LogP contribution in [0.15, 0.2) is 18.3 Å². The van der Waals surface area contributed by atoms with Crippen LogP contribution in [0.2, 0.25) is 0 Å². The second-order valence-electron chi connectivity index (χ2n) is 3.57. The van der Waals surface area contributed by atoms with Crippen LogP contribution in [0.5, 0.6) is 0 Å². The number of hydrogen-bond acceptors (Lipinski definition) is 3. The van der Waals surface area contributed by atoms with E-state index in [9.17, 15) is 4.79 Å². The zero-order valence-electron chi connectivity index (χ0n) is 9.37. The number of amides is 1. The van der Waals surface area contributed by atoms with E-state index in [1.165, 1.54) is 0 Å². The number of aromatic nitrogens is 1. The number of nitrogens with zero attached hydrogens (tertiary/aromatic N) is 1. The minimum atomic E-state index is -0.116. The van der Waals surface area contributed by atoms with E-state index in [2.05, 4.69) is 15.6 Å². The summed E-state index contributed by atoms with van der Waals surface area (Å²) in [7, 11) is 1.86. The van der Waals surface area contributed by atoms with Crippen molar-refractivity contribution in [2.24, 2.45) is 0 Å². The first-order valence-electron chi connectivity index (χ1n) is 5.02. The summed E-state index contributed by atoms with van der Waals surface area (Å²) in [6.07, 6.45) is 1.63. The lowest BCUT2D eigenvalue weighted by Crippen LogP contribution is -2.37. The lowest BCUT2D eigenvalue weighted by atomic mass is 10.2. The largest absolute Gasteiger partial charge is 0.349 e. The van der Waals surface area contributed by atoms with Gasteiger partial charge in [-0.2, -0.15) is 0 Å². The first-order valence-corrected chi connectivity index (χ1v) is 5.02. The van der Waals surface area contributed by atoms with Crippen LogP contribution in [0, 0.1) is 6.92 Å². The molecule has 15 heavy (non-hydrogen) atoms. The van der Waals surface area contributed by atoms with Crippen molar-refractivity contribution >= 4 is 5.91 Å². The average molecular weight is 207 g/mol. The van der Waals surface area contributed by atoms with Crippen molar-refractivity contribution in [2.75, 3.05) is 13.6 Å². The Morgan fingerprint density at radius 3 is 2.93 bits per heavy atom. The van der Waals surface area contributed by atoms with E-state index in [0.29, 0.717) is 12.2 Å². The standard InChI is InChI=1S/C11H17N3O/c1-8-5-4-6-13-10(8)11(15)14-7-9(2)12-3/h4-6,9,12H,7H2,1-3H3,(H,14,15). The van der Waals surface area contributed by atoms with Gasteiger partial charge in [0.05, 0.1) is 0 Å². The molecule has 4 heteroatoms. The zero-order chi connectivity index (χ0) is 11.3. The summed E-state index contributed by atoms with van der Waals surface area (Å²) in [5.41, 5.74) is 1.40. The highest BCUT2D eigenvalue weighted by Gasteiger charge is 2.09. The van der Waals surface area contributed by atoms with Gasteiger partial charge in [-0.3, -0.25) is 9.78 Å². The Morgan fingerprint density at radius 2 is 2.33 bits per heavy atom. The monoisotopic (exact) mass is 207 g/mol. The molecule has 0 aliphatic carbocycles. The number of carbonyl (C=O) groups is 1. The van der Waals surface area contributed by atoms with Crippen molar-refractivity contribution in [1.29, 1.82) is 0 Å². The molecule has 0 saturated carbocycles. The van der Waals surface area contributed by atoms with E-state index < -0.39 is 0 Å². The van der Waals surface area contributed by atoms with Gasteiger partial charge in [-0.25, -0.2) is 0 Å². The fourth-order valence-electron chi connectivity index (χ4n) is 1.15. The molecule has 1 aromatic rings. The molecule has 0 aromatic carbocycles. The van der Waals surface area contributed by atoms with Crippen LogP contribution in [0.3, 0.4) is 0 Å². The molecule has 0 fully saturated rings. The molecule has 1 unspecified atom stereocenters. The van der Waals surface area contributed by atoms with Gasteiger partial charge in [-0.05, 0) is 32.5 Å². The minimum absolute atomic E-state index is 0.116. The molecule has 1 heterocycles. The topological polar surface area (TPSA) is 54.0 Å². The van der Waals surface area contributed by atoms with Crippen LogP contribution in [-0.2, 0) is 0 Å². The first-order chi connectivity index (χ1) is 7.15. The molecular formula is C11H17N3O. The molecule has 0 spiro atoms. The molecule has 0 radical (unpaired) electrons. The van der Waals surface area contributed by atoms with Gasteiger partial charge in [0.2, 0.25) is 0 Å². The van der Waals surface area contributed by atoms with Crippen LogP contribution in [-0.4, -0.2) is 30.5 Å². The SMILES string of the molecule is CNC(C)CNC(=O)c1ncccc1C. The molecule has 1 atom stereocenters. The van der Waals surface area contributed by atoms with Crippen LogP contribution < -0.4 is 10.6 Å². The van der Waals surface area contributed by atoms with Crippen LogP contribution in [0.25, 0.3) is 0 Å². The summed E-state index contributed by atoms with van der Waals surface area (Å²) in [5.74, 6) is -0.116. The van der Waals surface area contributed by atoms with Crippen LogP contribution >= 0.6 is 0 Å². The van der Waals surface area contributed by atoms with Crippen molar-refractivity contribution in [3.05, 3.63) is 29.6 Å². The molecule has 0 aliphatic rings. The zero-order valence-corrected chi connectivity index (χ0v) is 9.37. The van der Waals surface area contributed by atoms with E-state index in [1.54, 1.807) is 6.20 Å². The maximum absolute atomic E-state index is 11.7. The molecule has 0 bridgehead atoms. The normalized spacial score (nSPS) is 12.2. The summed E-state index contributed by atoms with van der Waals surface area (Å²) in [4.78, 5) is 15.7. The molecule has 1 aromatic heterocycles. The second-order valence-corrected chi connectivity index (χ2v) is 3.57. The maximum atomic E-state index is 11.7. The molecule has 2 N–H and O–H groups in total. The van der Waals surface area contributed by atoms with Gasteiger partial charge in [0.1, 0.15) is 5.69 Å². The predicted molar refractivity (Wildman–Crippen MR) is 59.8 cm³/mol. The highest BCUT2D eigenvalue weighted by atomic mass is 16.1. The molecule has 82 valence electrons. The fraction of sp³-hybridized carbons (Fsp3) is 0.455. The Bertz CT molecular complexity index is 338. The molecule has 4 nitrogen and oxygen atoms in total. The maximum Gasteiger partial charge on any atom is 0.270 e. The van der Waals surface area contributed by atoms with Gasteiger partial charge in [0.25, 0.3) is 5.91 Å². The smallest absolute Gasteiger partial charge is 0.270 e. The number of pyridine rings is 1. The number of nitrogens with one attached hydrogen (secondary N) is 2. The van der Waals surface area contributed by atoms with Gasteiger partial charge in [0.15, 0.2) is 0 Å². The number of likely N-dealkylation sites (N-methyl/N-ethyl adjacent to an activating group) is 1. The lowest BCUT2D eigenvalue weighted by molar-refractivity contribution is 0.0945. The molecular weight excluding hydrogens is 190 g/mol. The Kier molecular flexibility index (Phi) is 4.24. The molecule has 1 amide bonds. The highest BCUT2D eigenvalue weighted by molar-refractivity contribution is 5.93. The van der Waals surface area contributed by atoms with Gasteiger partial charge in [-0.15, -0.1) is 0 Å². The number of hydrogen-bond donors (Lipinski definition) is 2. The Hall–Kier alpha value is -1.42. The Morgan fingerprint density at radius 1 is 1.60 bits per heavy atom. The number of aryl methyl sites for hydroxylation is 1. The van der Waals surface area contributed by atoms with Gasteiger partial charge in [0, 0.05) is 18.8 Å². The van der Waals surface area contributed by atoms with E-state index >= 15 is 0 Å². The van der Waals surface area contributed by atoms with E-state index in [1.807, 2.05) is 33.0 Å². The lowest BCUT2D eigenvalue weighted by Gasteiger charge is -2.11. The van der Waals surface area contributed by atoms with Crippen molar-refractivity contribution in [1.82, 2.24) is 15.6 Å². The van der Waals surface area contributed by atoms with E-state index in [0.717, 1.165) is 5.56 Å². The van der Waals surface area contributed by atoms with Crippen LogP contribution in [0.1, 0.15) is 23.0 Å². The predicted octanol–water partition coefficient (Wildman–Crippen LogP) is 0.728. The quantitative estimate of drug-likeness (QED) is 0.765. The summed E-state index contributed by atoms with van der Waals surface area (Å²) >= 11 is 0. The van der Waals surface area contributed by atoms with Crippen molar-refractivity contribution < 1.29 is 4.79 Å². The third kappa shape index (κ3) is 3.32. The number of rotatable bonds is 4. The first kappa shape index (κ1) is 11.7. The fourth-order valence-corrected chi connectivity index (χ4v) is 1.15. The molecule has 0 aliphatic heterocycles. The summed E-state index contributed by atoms with van der Waals surface area (Å²) in [6.45, 7) is 4.49. The summed E-state index contributed by atoms with van der Waals surface area (Å²) in [6, 6.07) is 3.96. The number of carbonyl (C=O) groups excluding carboxylic acids is 1. The minimum Gasteiger partial charge on any atom is -0.349 e. The summed E-state index contributed by atoms with van der Waals surface area (Å²) < 4.78 is 0. The van der Waals surface area contributed by atoms with Gasteiger partial charge in [-0.1, -0.05) is 6.07 Å². The van der Waals surface area contributed by atoms with E-state index in [4.69, 9.17) is 0 Å². The van der Waals surface area contributed by atoms with Gasteiger partial charge < -0.3 is 10.6 Å². The molecule has 0 saturated heterocycles. The Balaban J connectivity index is 2.58. The highest BCUT2D eigenvalue weighted by Crippen LogP contribution is 2.02. The Labute approximate surface area is 90.1 Å². The van der Waals surface area contributed by atoms with Crippen molar-refractivity contribution in [3.8, 4) is 0 Å². The average Bonchev–Trinajstić information content (AvgIpc) is 2.26.